The van der Waals surface area contributed by atoms with Gasteiger partial charge in [-0.15, -0.1) is 0 Å². The molecular formula is C26H29N3O3. The molecular weight excluding hydrogens is 402 g/mol. The van der Waals surface area contributed by atoms with Crippen LogP contribution in [0.2, 0.25) is 0 Å². The van der Waals surface area contributed by atoms with E-state index in [1.165, 1.54) is 11.8 Å². The Hall–Kier alpha value is -3.38. The van der Waals surface area contributed by atoms with Crippen LogP contribution in [0.25, 0.3) is 0 Å². The number of hydrogen-bond donors (Lipinski definition) is 1. The zero-order chi connectivity index (χ0) is 22.3. The van der Waals surface area contributed by atoms with Gasteiger partial charge in [0.15, 0.2) is 5.76 Å². The average Bonchev–Trinajstić information content (AvgIpc) is 3.36. The predicted molar refractivity (Wildman–Crippen MR) is 123 cm³/mol. The summed E-state index contributed by atoms with van der Waals surface area (Å²) in [6.45, 7) is 2.71. The average molecular weight is 432 g/mol. The number of hydrogen-bond acceptors (Lipinski definition) is 4. The second-order valence-corrected chi connectivity index (χ2v) is 8.27. The van der Waals surface area contributed by atoms with Crippen LogP contribution in [0.5, 0.6) is 0 Å². The van der Waals surface area contributed by atoms with Gasteiger partial charge in [0.2, 0.25) is 5.91 Å². The van der Waals surface area contributed by atoms with E-state index in [2.05, 4.69) is 29.4 Å². The molecule has 0 unspecified atom stereocenters. The number of rotatable bonds is 8. The van der Waals surface area contributed by atoms with Crippen LogP contribution in [0.4, 0.5) is 0 Å². The zero-order valence-corrected chi connectivity index (χ0v) is 18.4. The highest BCUT2D eigenvalue weighted by Crippen LogP contribution is 2.25. The molecule has 0 saturated heterocycles. The molecule has 32 heavy (non-hydrogen) atoms. The molecule has 6 nitrogen and oxygen atoms in total. The number of carbonyl (C=O) groups is 2. The van der Waals surface area contributed by atoms with Crippen molar-refractivity contribution in [1.29, 1.82) is 0 Å². The first-order valence-electron chi connectivity index (χ1n) is 11.0. The molecule has 0 radical (unpaired) electrons. The van der Waals surface area contributed by atoms with Crippen LogP contribution in [0.1, 0.15) is 33.7 Å². The van der Waals surface area contributed by atoms with Crippen LogP contribution in [0.3, 0.4) is 0 Å². The third kappa shape index (κ3) is 5.26. The molecule has 1 N–H and O–H groups in total. The van der Waals surface area contributed by atoms with Crippen LogP contribution in [0, 0.1) is 0 Å². The Bertz CT molecular complexity index is 1030. The van der Waals surface area contributed by atoms with Gasteiger partial charge < -0.3 is 19.5 Å². The van der Waals surface area contributed by atoms with Crippen molar-refractivity contribution < 1.29 is 14.0 Å². The first kappa shape index (κ1) is 21.8. The van der Waals surface area contributed by atoms with Crippen molar-refractivity contribution in [3.05, 3.63) is 95.4 Å². The Labute approximate surface area is 188 Å². The summed E-state index contributed by atoms with van der Waals surface area (Å²) in [5.41, 5.74) is 3.45. The quantitative estimate of drug-likeness (QED) is 0.555. The highest BCUT2D eigenvalue weighted by Gasteiger charge is 2.35. The van der Waals surface area contributed by atoms with E-state index in [-0.39, 0.29) is 17.6 Å². The molecule has 1 aromatic heterocycles. The number of furan rings is 1. The van der Waals surface area contributed by atoms with Crippen molar-refractivity contribution in [2.24, 2.45) is 0 Å². The summed E-state index contributed by atoms with van der Waals surface area (Å²) in [6, 6.07) is 21.1. The first-order chi connectivity index (χ1) is 15.6. The standard InChI is InChI=1S/C26H29N3O3/c1-28(18-20-9-3-2-4-10-20)15-8-14-27-25(30)23-17-21-11-5-6-12-22(21)19-29(23)26(31)24-13-7-16-32-24/h2-7,9-13,16,23H,8,14-15,17-19H2,1H3,(H,27,30)/t23-/m0/s1. The smallest absolute Gasteiger partial charge is 0.290 e. The van der Waals surface area contributed by atoms with Crippen molar-refractivity contribution in [2.45, 2.75) is 32.0 Å². The van der Waals surface area contributed by atoms with E-state index < -0.39 is 6.04 Å². The molecule has 1 aliphatic heterocycles. The van der Waals surface area contributed by atoms with Gasteiger partial charge in [0, 0.05) is 26.1 Å². The molecule has 1 aliphatic rings. The summed E-state index contributed by atoms with van der Waals surface area (Å²) in [7, 11) is 2.08. The van der Waals surface area contributed by atoms with E-state index in [1.54, 1.807) is 17.0 Å². The Morgan fingerprint density at radius 1 is 1.03 bits per heavy atom. The minimum atomic E-state index is -0.551. The molecule has 0 bridgehead atoms. The predicted octanol–water partition coefficient (Wildman–Crippen LogP) is 3.49. The van der Waals surface area contributed by atoms with E-state index in [4.69, 9.17) is 4.42 Å². The normalized spacial score (nSPS) is 15.4. The van der Waals surface area contributed by atoms with Crippen molar-refractivity contribution in [3.8, 4) is 0 Å². The number of fused-ring (bicyclic) bond motifs is 1. The van der Waals surface area contributed by atoms with Crippen LogP contribution < -0.4 is 5.32 Å². The van der Waals surface area contributed by atoms with Gasteiger partial charge in [-0.25, -0.2) is 0 Å². The fourth-order valence-electron chi connectivity index (χ4n) is 4.16. The second kappa shape index (κ2) is 10.3. The molecule has 0 saturated carbocycles. The fourth-order valence-corrected chi connectivity index (χ4v) is 4.16. The maximum Gasteiger partial charge on any atom is 0.290 e. The third-order valence-electron chi connectivity index (χ3n) is 5.86. The number of amides is 2. The number of nitrogens with one attached hydrogen (secondary N) is 1. The highest BCUT2D eigenvalue weighted by molar-refractivity contribution is 5.96. The van der Waals surface area contributed by atoms with Crippen LogP contribution in [-0.4, -0.2) is 47.8 Å². The molecule has 1 atom stereocenters. The Morgan fingerprint density at radius 2 is 1.78 bits per heavy atom. The summed E-state index contributed by atoms with van der Waals surface area (Å²) < 4.78 is 5.31. The molecule has 4 rings (SSSR count). The van der Waals surface area contributed by atoms with Gasteiger partial charge >= 0.3 is 0 Å². The second-order valence-electron chi connectivity index (χ2n) is 8.27. The summed E-state index contributed by atoms with van der Waals surface area (Å²) in [5.74, 6) is -0.123. The minimum absolute atomic E-state index is 0.120. The van der Waals surface area contributed by atoms with Crippen molar-refractivity contribution in [2.75, 3.05) is 20.1 Å². The van der Waals surface area contributed by atoms with Crippen molar-refractivity contribution in [3.63, 3.8) is 0 Å². The molecule has 0 spiro atoms. The third-order valence-corrected chi connectivity index (χ3v) is 5.86. The van der Waals surface area contributed by atoms with E-state index in [1.807, 2.05) is 42.5 Å². The van der Waals surface area contributed by atoms with Gasteiger partial charge in [0.05, 0.1) is 6.26 Å². The van der Waals surface area contributed by atoms with Crippen molar-refractivity contribution >= 4 is 11.8 Å². The molecule has 166 valence electrons. The largest absolute Gasteiger partial charge is 0.459 e. The Kier molecular flexibility index (Phi) is 7.02. The summed E-state index contributed by atoms with van der Waals surface area (Å²) in [4.78, 5) is 30.0. The van der Waals surface area contributed by atoms with Crippen LogP contribution >= 0.6 is 0 Å². The SMILES string of the molecule is CN(CCCNC(=O)[C@@H]1Cc2ccccc2CN1C(=O)c1ccco1)Cc1ccccc1. The van der Waals surface area contributed by atoms with E-state index in [0.29, 0.717) is 19.5 Å². The molecule has 3 aromatic rings. The number of benzene rings is 2. The molecule has 2 amide bonds. The fraction of sp³-hybridized carbons (Fsp3) is 0.308. The lowest BCUT2D eigenvalue weighted by Crippen LogP contribution is -2.52. The lowest BCUT2D eigenvalue weighted by atomic mass is 9.93. The van der Waals surface area contributed by atoms with Crippen LogP contribution in [0.15, 0.2) is 77.4 Å². The van der Waals surface area contributed by atoms with E-state index in [9.17, 15) is 9.59 Å². The highest BCUT2D eigenvalue weighted by atomic mass is 16.3. The molecule has 2 aromatic carbocycles. The molecule has 2 heterocycles. The van der Waals surface area contributed by atoms with Gasteiger partial charge in [0.25, 0.3) is 5.91 Å². The van der Waals surface area contributed by atoms with Gasteiger partial charge in [-0.3, -0.25) is 9.59 Å². The van der Waals surface area contributed by atoms with Gasteiger partial charge in [-0.1, -0.05) is 54.6 Å². The number of carbonyl (C=O) groups excluding carboxylic acids is 2. The molecule has 0 fully saturated rings. The topological polar surface area (TPSA) is 65.8 Å². The van der Waals surface area contributed by atoms with Gasteiger partial charge in [0.1, 0.15) is 6.04 Å². The van der Waals surface area contributed by atoms with Gasteiger partial charge in [-0.2, -0.15) is 0 Å². The molecule has 0 aliphatic carbocycles. The van der Waals surface area contributed by atoms with Gasteiger partial charge in [-0.05, 0) is 48.8 Å². The summed E-state index contributed by atoms with van der Waals surface area (Å²) >= 11 is 0. The maximum absolute atomic E-state index is 13.1. The lowest BCUT2D eigenvalue weighted by molar-refractivity contribution is -0.126. The zero-order valence-electron chi connectivity index (χ0n) is 18.4. The van der Waals surface area contributed by atoms with E-state index >= 15 is 0 Å². The Morgan fingerprint density at radius 3 is 2.53 bits per heavy atom. The van der Waals surface area contributed by atoms with Crippen LogP contribution in [-0.2, 0) is 24.3 Å². The Balaban J connectivity index is 1.34. The summed E-state index contributed by atoms with van der Waals surface area (Å²) in [6.07, 6.45) is 2.82. The lowest BCUT2D eigenvalue weighted by Gasteiger charge is -2.35. The first-order valence-corrected chi connectivity index (χ1v) is 11.0. The van der Waals surface area contributed by atoms with Crippen molar-refractivity contribution in [1.82, 2.24) is 15.1 Å². The monoisotopic (exact) mass is 431 g/mol. The van der Waals surface area contributed by atoms with E-state index in [0.717, 1.165) is 30.6 Å². The number of nitrogens with zero attached hydrogens (tertiary/aromatic N) is 2. The minimum Gasteiger partial charge on any atom is -0.459 e. The molecule has 6 heteroatoms. The maximum atomic E-state index is 13.1. The summed E-state index contributed by atoms with van der Waals surface area (Å²) in [5, 5.41) is 3.04.